The number of rotatable bonds is 7. The molecule has 0 fully saturated rings. The van der Waals surface area contributed by atoms with Gasteiger partial charge in [0.25, 0.3) is 0 Å². The number of carbonyl (C=O) groups excluding carboxylic acids is 1. The van der Waals surface area contributed by atoms with Crippen molar-refractivity contribution >= 4 is 38.4 Å². The van der Waals surface area contributed by atoms with Gasteiger partial charge in [-0.25, -0.2) is 8.42 Å². The summed E-state index contributed by atoms with van der Waals surface area (Å²) in [4.78, 5) is 13.8. The zero-order valence-electron chi connectivity index (χ0n) is 14.2. The second-order valence-electron chi connectivity index (χ2n) is 5.99. The number of aryl methyl sites for hydroxylation is 1. The minimum atomic E-state index is -3.19. The first kappa shape index (κ1) is 18.8. The summed E-state index contributed by atoms with van der Waals surface area (Å²) in [7, 11) is -3.19. The van der Waals surface area contributed by atoms with Gasteiger partial charge in [-0.2, -0.15) is 11.3 Å². The van der Waals surface area contributed by atoms with Crippen molar-refractivity contribution in [1.29, 1.82) is 0 Å². The van der Waals surface area contributed by atoms with Gasteiger partial charge in [-0.3, -0.25) is 4.79 Å². The summed E-state index contributed by atoms with van der Waals surface area (Å²) in [6.45, 7) is 0. The number of hydrogen-bond acceptors (Lipinski definition) is 5. The van der Waals surface area contributed by atoms with Gasteiger partial charge < -0.3 is 5.32 Å². The summed E-state index contributed by atoms with van der Waals surface area (Å²) in [5, 5.41) is 9.17. The Labute approximate surface area is 161 Å². The molecule has 0 aliphatic carbocycles. The third kappa shape index (κ3) is 4.81. The zero-order valence-corrected chi connectivity index (χ0v) is 16.7. The summed E-state index contributed by atoms with van der Waals surface area (Å²) in [5.74, 6) is -0.0261. The van der Waals surface area contributed by atoms with E-state index in [1.54, 1.807) is 46.9 Å². The van der Waals surface area contributed by atoms with Crippen LogP contribution in [0.15, 0.2) is 63.5 Å². The fourth-order valence-electron chi connectivity index (χ4n) is 2.61. The summed E-state index contributed by atoms with van der Waals surface area (Å²) in [6.07, 6.45) is 2.10. The molecule has 0 aliphatic rings. The van der Waals surface area contributed by atoms with Gasteiger partial charge in [0.1, 0.15) is 0 Å². The van der Waals surface area contributed by atoms with E-state index < -0.39 is 9.84 Å². The molecule has 0 saturated heterocycles. The zero-order chi connectivity index (χ0) is 18.6. The molecule has 0 saturated carbocycles. The van der Waals surface area contributed by atoms with Crippen LogP contribution in [0, 0.1) is 0 Å². The van der Waals surface area contributed by atoms with E-state index in [-0.39, 0.29) is 11.9 Å². The Morgan fingerprint density at radius 2 is 1.88 bits per heavy atom. The summed E-state index contributed by atoms with van der Waals surface area (Å²) in [6, 6.07) is 12.6. The molecule has 2 aromatic heterocycles. The van der Waals surface area contributed by atoms with Crippen molar-refractivity contribution in [2.24, 2.45) is 0 Å². The standard InChI is InChI=1S/C19H19NO3S3/c1-26(22,23)16-7-4-14(5-8-16)6-9-18(21)20-19(15-10-12-24-13-15)17-3-2-11-25-17/h2-5,7-8,10-13,19H,6,9H2,1H3,(H,20,21)/t19-/m0/s1. The van der Waals surface area contributed by atoms with E-state index in [4.69, 9.17) is 0 Å². The van der Waals surface area contributed by atoms with Crippen LogP contribution in [-0.4, -0.2) is 20.6 Å². The van der Waals surface area contributed by atoms with E-state index in [2.05, 4.69) is 10.7 Å². The van der Waals surface area contributed by atoms with Gasteiger partial charge in [0.05, 0.1) is 10.9 Å². The van der Waals surface area contributed by atoms with Crippen LogP contribution in [0.4, 0.5) is 0 Å². The Morgan fingerprint density at radius 3 is 2.46 bits per heavy atom. The van der Waals surface area contributed by atoms with E-state index in [9.17, 15) is 13.2 Å². The van der Waals surface area contributed by atoms with Crippen molar-refractivity contribution in [3.63, 3.8) is 0 Å². The second-order valence-corrected chi connectivity index (χ2v) is 9.76. The third-order valence-corrected chi connectivity index (χ3v) is 6.77. The first-order valence-electron chi connectivity index (χ1n) is 8.07. The molecule has 0 unspecified atom stereocenters. The molecule has 26 heavy (non-hydrogen) atoms. The van der Waals surface area contributed by atoms with Crippen LogP contribution in [0.25, 0.3) is 0 Å². The Balaban J connectivity index is 1.62. The Kier molecular flexibility index (Phi) is 5.90. The molecule has 3 aromatic rings. The highest BCUT2D eigenvalue weighted by atomic mass is 32.2. The largest absolute Gasteiger partial charge is 0.344 e. The van der Waals surface area contributed by atoms with Crippen LogP contribution in [0.3, 0.4) is 0 Å². The minimum absolute atomic E-state index is 0.0261. The van der Waals surface area contributed by atoms with Crippen LogP contribution < -0.4 is 5.32 Å². The number of amides is 1. The minimum Gasteiger partial charge on any atom is -0.344 e. The maximum Gasteiger partial charge on any atom is 0.221 e. The first-order chi connectivity index (χ1) is 12.4. The summed E-state index contributed by atoms with van der Waals surface area (Å²) in [5.41, 5.74) is 2.03. The quantitative estimate of drug-likeness (QED) is 0.645. The highest BCUT2D eigenvalue weighted by Crippen LogP contribution is 2.27. The molecule has 136 valence electrons. The van der Waals surface area contributed by atoms with Crippen molar-refractivity contribution in [1.82, 2.24) is 5.32 Å². The number of thiophene rings is 2. The predicted octanol–water partition coefficient (Wildman–Crippen LogP) is 4.05. The molecule has 7 heteroatoms. The molecular weight excluding hydrogens is 386 g/mol. The number of nitrogens with one attached hydrogen (secondary N) is 1. The first-order valence-corrected chi connectivity index (χ1v) is 11.8. The van der Waals surface area contributed by atoms with Gasteiger partial charge in [0.15, 0.2) is 9.84 Å². The summed E-state index contributed by atoms with van der Waals surface area (Å²) >= 11 is 3.23. The Morgan fingerprint density at radius 1 is 1.12 bits per heavy atom. The van der Waals surface area contributed by atoms with Crippen LogP contribution in [0.2, 0.25) is 0 Å². The number of benzene rings is 1. The Hall–Kier alpha value is -1.96. The van der Waals surface area contributed by atoms with Gasteiger partial charge in [0.2, 0.25) is 5.91 Å². The van der Waals surface area contributed by atoms with Crippen LogP contribution in [0.1, 0.15) is 28.5 Å². The normalized spacial score (nSPS) is 12.7. The van der Waals surface area contributed by atoms with Crippen molar-refractivity contribution < 1.29 is 13.2 Å². The van der Waals surface area contributed by atoms with Gasteiger partial charge >= 0.3 is 0 Å². The lowest BCUT2D eigenvalue weighted by Crippen LogP contribution is -2.28. The van der Waals surface area contributed by atoms with Gasteiger partial charge in [-0.05, 0) is 58.0 Å². The molecule has 0 aliphatic heterocycles. The highest BCUT2D eigenvalue weighted by Gasteiger charge is 2.18. The van der Waals surface area contributed by atoms with Gasteiger partial charge in [-0.1, -0.05) is 18.2 Å². The van der Waals surface area contributed by atoms with E-state index >= 15 is 0 Å². The maximum absolute atomic E-state index is 12.4. The smallest absolute Gasteiger partial charge is 0.221 e. The van der Waals surface area contributed by atoms with E-state index in [0.717, 1.165) is 16.0 Å². The molecule has 1 N–H and O–H groups in total. The van der Waals surface area contributed by atoms with E-state index in [1.165, 1.54) is 6.26 Å². The monoisotopic (exact) mass is 405 g/mol. The number of hydrogen-bond donors (Lipinski definition) is 1. The topological polar surface area (TPSA) is 63.2 Å². The van der Waals surface area contributed by atoms with Gasteiger partial charge in [-0.15, -0.1) is 11.3 Å². The average Bonchev–Trinajstić information content (AvgIpc) is 3.31. The van der Waals surface area contributed by atoms with Crippen LogP contribution >= 0.6 is 22.7 Å². The number of sulfone groups is 1. The van der Waals surface area contributed by atoms with E-state index in [1.807, 2.05) is 29.0 Å². The van der Waals surface area contributed by atoms with Crippen molar-refractivity contribution in [2.45, 2.75) is 23.8 Å². The Bertz CT molecular complexity index is 910. The van der Waals surface area contributed by atoms with Crippen LogP contribution in [0.5, 0.6) is 0 Å². The average molecular weight is 406 g/mol. The molecule has 2 heterocycles. The highest BCUT2D eigenvalue weighted by molar-refractivity contribution is 7.90. The molecule has 1 aromatic carbocycles. The van der Waals surface area contributed by atoms with Crippen molar-refractivity contribution in [2.75, 3.05) is 6.26 Å². The lowest BCUT2D eigenvalue weighted by Gasteiger charge is -2.16. The van der Waals surface area contributed by atoms with Crippen molar-refractivity contribution in [3.05, 3.63) is 74.6 Å². The third-order valence-electron chi connectivity index (χ3n) is 4.00. The fourth-order valence-corrected chi connectivity index (χ4v) is 4.73. The lowest BCUT2D eigenvalue weighted by atomic mass is 10.1. The SMILES string of the molecule is CS(=O)(=O)c1ccc(CCC(=O)N[C@@H](c2ccsc2)c2cccs2)cc1. The molecule has 0 radical (unpaired) electrons. The molecular formula is C19H19NO3S3. The molecule has 0 spiro atoms. The van der Waals surface area contributed by atoms with Gasteiger partial charge in [0, 0.05) is 17.6 Å². The van der Waals surface area contributed by atoms with Crippen LogP contribution in [-0.2, 0) is 21.1 Å². The maximum atomic E-state index is 12.4. The number of carbonyl (C=O) groups is 1. The predicted molar refractivity (Wildman–Crippen MR) is 106 cm³/mol. The van der Waals surface area contributed by atoms with E-state index in [0.29, 0.717) is 17.7 Å². The lowest BCUT2D eigenvalue weighted by molar-refractivity contribution is -0.121. The molecule has 3 rings (SSSR count). The fraction of sp³-hybridized carbons (Fsp3) is 0.211. The molecule has 1 amide bonds. The summed E-state index contributed by atoms with van der Waals surface area (Å²) < 4.78 is 23.0. The molecule has 0 bridgehead atoms. The van der Waals surface area contributed by atoms with Crippen molar-refractivity contribution in [3.8, 4) is 0 Å². The second kappa shape index (κ2) is 8.16. The molecule has 1 atom stereocenters. The molecule has 4 nitrogen and oxygen atoms in total.